The van der Waals surface area contributed by atoms with Crippen molar-refractivity contribution in [2.75, 3.05) is 26.3 Å². The zero-order valence-corrected chi connectivity index (χ0v) is 11.1. The molecule has 1 amide bonds. The lowest BCUT2D eigenvalue weighted by molar-refractivity contribution is -0.142. The van der Waals surface area contributed by atoms with Crippen LogP contribution in [0.1, 0.15) is 17.3 Å². The molecule has 20 heavy (non-hydrogen) atoms. The van der Waals surface area contributed by atoms with Crippen LogP contribution in [0, 0.1) is 0 Å². The largest absolute Gasteiger partial charge is 0.478 e. The van der Waals surface area contributed by atoms with Crippen molar-refractivity contribution < 1.29 is 24.2 Å². The van der Waals surface area contributed by atoms with Gasteiger partial charge in [0.1, 0.15) is 5.56 Å². The van der Waals surface area contributed by atoms with Gasteiger partial charge in [-0.15, -0.1) is 0 Å². The maximum absolute atomic E-state index is 12.2. The Kier molecular flexibility index (Phi) is 4.52. The second kappa shape index (κ2) is 6.33. The fourth-order valence-corrected chi connectivity index (χ4v) is 1.93. The molecule has 1 fully saturated rings. The molecule has 1 atom stereocenters. The minimum absolute atomic E-state index is 0.0124. The molecule has 1 N–H and O–H groups in total. The zero-order valence-electron chi connectivity index (χ0n) is 11.1. The molecule has 0 saturated carbocycles. The van der Waals surface area contributed by atoms with Crippen LogP contribution in [-0.2, 0) is 9.53 Å². The van der Waals surface area contributed by atoms with E-state index in [4.69, 9.17) is 14.6 Å². The third-order valence-corrected chi connectivity index (χ3v) is 2.99. The Bertz CT molecular complexity index is 499. The number of rotatable bonds is 4. The monoisotopic (exact) mass is 280 g/mol. The van der Waals surface area contributed by atoms with Gasteiger partial charge in [0.05, 0.1) is 19.4 Å². The van der Waals surface area contributed by atoms with E-state index in [9.17, 15) is 9.59 Å². The van der Waals surface area contributed by atoms with E-state index in [0.717, 1.165) is 0 Å². The molecule has 1 saturated heterocycles. The van der Waals surface area contributed by atoms with Crippen LogP contribution in [-0.4, -0.2) is 59.3 Å². The zero-order chi connectivity index (χ0) is 14.5. The number of nitrogens with zero attached hydrogens (tertiary/aromatic N) is 2. The van der Waals surface area contributed by atoms with E-state index >= 15 is 0 Å². The number of hydrogen-bond donors (Lipinski definition) is 1. The molecule has 0 aromatic carbocycles. The summed E-state index contributed by atoms with van der Waals surface area (Å²) in [6, 6.07) is 1.34. The molecule has 1 aromatic rings. The smallest absolute Gasteiger partial charge is 0.339 e. The summed E-state index contributed by atoms with van der Waals surface area (Å²) >= 11 is 0. The summed E-state index contributed by atoms with van der Waals surface area (Å²) in [4.78, 5) is 28.7. The van der Waals surface area contributed by atoms with Crippen LogP contribution in [0.3, 0.4) is 0 Å². The lowest BCUT2D eigenvalue weighted by Gasteiger charge is -2.29. The van der Waals surface area contributed by atoms with Gasteiger partial charge in [-0.05, 0) is 13.0 Å². The molecule has 1 aliphatic rings. The van der Waals surface area contributed by atoms with E-state index < -0.39 is 12.1 Å². The van der Waals surface area contributed by atoms with Gasteiger partial charge < -0.3 is 19.5 Å². The number of aromatic carboxylic acids is 1. The Morgan fingerprint density at radius 2 is 2.15 bits per heavy atom. The molecule has 2 rings (SSSR count). The van der Waals surface area contributed by atoms with E-state index in [0.29, 0.717) is 26.3 Å². The number of hydrogen-bond acceptors (Lipinski definition) is 5. The Balaban J connectivity index is 2.05. The number of pyridine rings is 1. The van der Waals surface area contributed by atoms with Crippen LogP contribution in [0.4, 0.5) is 0 Å². The summed E-state index contributed by atoms with van der Waals surface area (Å²) in [5.41, 5.74) is -0.0124. The van der Waals surface area contributed by atoms with Crippen molar-refractivity contribution in [1.82, 2.24) is 9.88 Å². The first-order chi connectivity index (χ1) is 9.59. The summed E-state index contributed by atoms with van der Waals surface area (Å²) in [6.07, 6.45) is 1.90. The second-order valence-corrected chi connectivity index (χ2v) is 4.37. The predicted octanol–water partition coefficient (Wildman–Crippen LogP) is 0.406. The number of carboxylic acid groups (broad SMARTS) is 1. The minimum atomic E-state index is -1.12. The number of carboxylic acids is 1. The van der Waals surface area contributed by atoms with Gasteiger partial charge in [-0.2, -0.15) is 0 Å². The maximum atomic E-state index is 12.2. The number of morpholine rings is 1. The Morgan fingerprint density at radius 1 is 1.45 bits per heavy atom. The molecule has 0 bridgehead atoms. The number of carbonyl (C=O) groups is 2. The van der Waals surface area contributed by atoms with Crippen molar-refractivity contribution in [2.45, 2.75) is 13.0 Å². The van der Waals surface area contributed by atoms with E-state index in [1.165, 1.54) is 18.5 Å². The molecule has 7 heteroatoms. The van der Waals surface area contributed by atoms with Gasteiger partial charge in [-0.3, -0.25) is 9.78 Å². The number of ether oxygens (including phenoxy) is 2. The third-order valence-electron chi connectivity index (χ3n) is 2.99. The standard InChI is InChI=1S/C13H16N2O5/c1-9(12(16)15-4-6-19-7-5-15)20-11-8-14-3-2-10(11)13(17)18/h2-3,8-9H,4-7H2,1H3,(H,17,18). The van der Waals surface area contributed by atoms with Gasteiger partial charge >= 0.3 is 5.97 Å². The minimum Gasteiger partial charge on any atom is -0.478 e. The lowest BCUT2D eigenvalue weighted by Crippen LogP contribution is -2.46. The highest BCUT2D eigenvalue weighted by atomic mass is 16.5. The fourth-order valence-electron chi connectivity index (χ4n) is 1.93. The van der Waals surface area contributed by atoms with Gasteiger partial charge in [0.15, 0.2) is 11.9 Å². The topological polar surface area (TPSA) is 89.0 Å². The normalized spacial score (nSPS) is 16.6. The Hall–Kier alpha value is -2.15. The highest BCUT2D eigenvalue weighted by molar-refractivity contribution is 5.91. The van der Waals surface area contributed by atoms with Gasteiger partial charge in [-0.25, -0.2) is 4.79 Å². The first kappa shape index (κ1) is 14.3. The first-order valence-corrected chi connectivity index (χ1v) is 6.30. The van der Waals surface area contributed by atoms with Crippen molar-refractivity contribution in [3.05, 3.63) is 24.0 Å². The van der Waals surface area contributed by atoms with Crippen molar-refractivity contribution in [1.29, 1.82) is 0 Å². The van der Waals surface area contributed by atoms with Gasteiger partial charge in [0.25, 0.3) is 5.91 Å². The number of carbonyl (C=O) groups excluding carboxylic acids is 1. The summed E-state index contributed by atoms with van der Waals surface area (Å²) in [5.74, 6) is -1.21. The Morgan fingerprint density at radius 3 is 2.80 bits per heavy atom. The molecule has 1 aliphatic heterocycles. The van der Waals surface area contributed by atoms with Gasteiger partial charge in [-0.1, -0.05) is 0 Å². The fraction of sp³-hybridized carbons (Fsp3) is 0.462. The molecule has 7 nitrogen and oxygen atoms in total. The summed E-state index contributed by atoms with van der Waals surface area (Å²) in [6.45, 7) is 3.64. The number of amides is 1. The average Bonchev–Trinajstić information content (AvgIpc) is 2.47. The average molecular weight is 280 g/mol. The van der Waals surface area contributed by atoms with Crippen molar-refractivity contribution in [3.8, 4) is 5.75 Å². The van der Waals surface area contributed by atoms with Gasteiger partial charge in [0, 0.05) is 19.3 Å². The van der Waals surface area contributed by atoms with Crippen molar-refractivity contribution in [2.24, 2.45) is 0 Å². The molecular weight excluding hydrogens is 264 g/mol. The highest BCUT2D eigenvalue weighted by Gasteiger charge is 2.25. The molecule has 0 spiro atoms. The summed E-state index contributed by atoms with van der Waals surface area (Å²) < 4.78 is 10.6. The van der Waals surface area contributed by atoms with E-state index in [2.05, 4.69) is 4.98 Å². The summed E-state index contributed by atoms with van der Waals surface area (Å²) in [7, 11) is 0. The molecule has 2 heterocycles. The van der Waals surface area contributed by atoms with Crippen LogP contribution >= 0.6 is 0 Å². The van der Waals surface area contributed by atoms with E-state index in [1.54, 1.807) is 11.8 Å². The van der Waals surface area contributed by atoms with Gasteiger partial charge in [0.2, 0.25) is 0 Å². The molecule has 1 aromatic heterocycles. The molecule has 1 unspecified atom stereocenters. The van der Waals surface area contributed by atoms with Crippen molar-refractivity contribution in [3.63, 3.8) is 0 Å². The SMILES string of the molecule is CC(Oc1cnccc1C(=O)O)C(=O)N1CCOCC1. The summed E-state index contributed by atoms with van der Waals surface area (Å²) in [5, 5.41) is 9.05. The molecular formula is C13H16N2O5. The quantitative estimate of drug-likeness (QED) is 0.859. The molecule has 0 radical (unpaired) electrons. The van der Waals surface area contributed by atoms with Crippen molar-refractivity contribution >= 4 is 11.9 Å². The van der Waals surface area contributed by atoms with E-state index in [1.807, 2.05) is 0 Å². The molecule has 108 valence electrons. The first-order valence-electron chi connectivity index (χ1n) is 6.30. The van der Waals surface area contributed by atoms with Crippen LogP contribution < -0.4 is 4.74 Å². The maximum Gasteiger partial charge on any atom is 0.339 e. The predicted molar refractivity (Wildman–Crippen MR) is 68.7 cm³/mol. The highest BCUT2D eigenvalue weighted by Crippen LogP contribution is 2.18. The second-order valence-electron chi connectivity index (χ2n) is 4.37. The van der Waals surface area contributed by atoms with Crippen LogP contribution in [0.5, 0.6) is 5.75 Å². The number of aromatic nitrogens is 1. The lowest BCUT2D eigenvalue weighted by atomic mass is 10.2. The Labute approximate surface area is 116 Å². The van der Waals surface area contributed by atoms with Crippen LogP contribution in [0.15, 0.2) is 18.5 Å². The third kappa shape index (κ3) is 3.24. The van der Waals surface area contributed by atoms with Crippen LogP contribution in [0.2, 0.25) is 0 Å². The molecule has 0 aliphatic carbocycles. The van der Waals surface area contributed by atoms with Crippen LogP contribution in [0.25, 0.3) is 0 Å². The van der Waals surface area contributed by atoms with E-state index in [-0.39, 0.29) is 17.2 Å².